The summed E-state index contributed by atoms with van der Waals surface area (Å²) < 4.78 is 1.61. The van der Waals surface area contributed by atoms with Gasteiger partial charge in [0.25, 0.3) is 5.56 Å². The van der Waals surface area contributed by atoms with Crippen LogP contribution in [0.15, 0.2) is 40.8 Å². The predicted octanol–water partition coefficient (Wildman–Crippen LogP) is 1.78. The lowest BCUT2D eigenvalue weighted by Gasteiger charge is -2.34. The first-order valence-electron chi connectivity index (χ1n) is 8.05. The highest BCUT2D eigenvalue weighted by molar-refractivity contribution is 7.13. The van der Waals surface area contributed by atoms with Crippen LogP contribution in [0, 0.1) is 6.92 Å². The zero-order chi connectivity index (χ0) is 16.5. The molecule has 3 aromatic heterocycles. The van der Waals surface area contributed by atoms with E-state index in [1.807, 2.05) is 36.8 Å². The van der Waals surface area contributed by atoms with Gasteiger partial charge in [-0.05, 0) is 18.6 Å². The molecule has 0 radical (unpaired) electrons. The maximum atomic E-state index is 12.3. The Bertz CT molecular complexity index is 897. The molecule has 1 aliphatic heterocycles. The van der Waals surface area contributed by atoms with Crippen molar-refractivity contribution in [3.05, 3.63) is 57.6 Å². The summed E-state index contributed by atoms with van der Waals surface area (Å²) >= 11 is 1.68. The number of aromatic nitrogens is 3. The number of rotatable bonds is 3. The summed E-state index contributed by atoms with van der Waals surface area (Å²) in [5.74, 6) is 0. The number of hydrogen-bond acceptors (Lipinski definition) is 6. The number of fused-ring (bicyclic) bond motifs is 1. The van der Waals surface area contributed by atoms with E-state index in [0.29, 0.717) is 12.2 Å². The van der Waals surface area contributed by atoms with Crippen molar-refractivity contribution in [2.24, 2.45) is 0 Å². The molecule has 1 aliphatic rings. The maximum absolute atomic E-state index is 12.3. The second-order valence-corrected chi connectivity index (χ2v) is 6.97. The predicted molar refractivity (Wildman–Crippen MR) is 95.8 cm³/mol. The topological polar surface area (TPSA) is 53.7 Å². The summed E-state index contributed by atoms with van der Waals surface area (Å²) in [6.07, 6.45) is 3.68. The monoisotopic (exact) mass is 341 g/mol. The van der Waals surface area contributed by atoms with Gasteiger partial charge in [0.1, 0.15) is 5.65 Å². The molecule has 1 fully saturated rings. The highest BCUT2D eigenvalue weighted by Crippen LogP contribution is 2.19. The van der Waals surface area contributed by atoms with Gasteiger partial charge in [-0.25, -0.2) is 9.97 Å². The largest absolute Gasteiger partial charge is 0.346 e. The molecule has 6 nitrogen and oxygen atoms in total. The van der Waals surface area contributed by atoms with E-state index < -0.39 is 0 Å². The third kappa shape index (κ3) is 3.05. The van der Waals surface area contributed by atoms with Gasteiger partial charge in [0.05, 0.1) is 5.69 Å². The van der Waals surface area contributed by atoms with E-state index in [0.717, 1.165) is 42.6 Å². The van der Waals surface area contributed by atoms with Crippen molar-refractivity contribution in [3.63, 3.8) is 0 Å². The lowest BCUT2D eigenvalue weighted by molar-refractivity contribution is 0.247. The fourth-order valence-corrected chi connectivity index (χ4v) is 3.73. The standard InChI is InChI=1S/C17H19N5OS/c1-13-2-3-15-19-14(10-16(23)22(15)11-13)12-20-5-7-21(8-6-20)17-18-4-9-24-17/h2-4,9-11H,5-8,12H2,1H3. The molecule has 124 valence electrons. The zero-order valence-electron chi connectivity index (χ0n) is 13.6. The first kappa shape index (κ1) is 15.3. The molecule has 0 atom stereocenters. The van der Waals surface area contributed by atoms with Crippen molar-refractivity contribution in [1.29, 1.82) is 0 Å². The van der Waals surface area contributed by atoms with Gasteiger partial charge in [0.15, 0.2) is 5.13 Å². The van der Waals surface area contributed by atoms with Crippen LogP contribution in [-0.4, -0.2) is 45.4 Å². The average Bonchev–Trinajstić information content (AvgIpc) is 3.11. The number of aryl methyl sites for hydroxylation is 1. The van der Waals surface area contributed by atoms with Gasteiger partial charge in [0.2, 0.25) is 0 Å². The maximum Gasteiger partial charge on any atom is 0.258 e. The number of pyridine rings is 1. The van der Waals surface area contributed by atoms with Gasteiger partial charge >= 0.3 is 0 Å². The van der Waals surface area contributed by atoms with Crippen molar-refractivity contribution in [2.75, 3.05) is 31.1 Å². The fraction of sp³-hybridized carbons (Fsp3) is 0.353. The van der Waals surface area contributed by atoms with Crippen molar-refractivity contribution in [3.8, 4) is 0 Å². The Kier molecular flexibility index (Phi) is 4.03. The molecule has 0 aromatic carbocycles. The number of thiazole rings is 1. The molecule has 7 heteroatoms. The van der Waals surface area contributed by atoms with Crippen LogP contribution in [0.25, 0.3) is 5.65 Å². The molecule has 0 N–H and O–H groups in total. The van der Waals surface area contributed by atoms with E-state index in [-0.39, 0.29) is 5.56 Å². The Morgan fingerprint density at radius 2 is 2.04 bits per heavy atom. The smallest absolute Gasteiger partial charge is 0.258 e. The molecule has 0 spiro atoms. The third-order valence-corrected chi connectivity index (χ3v) is 5.14. The minimum atomic E-state index is -0.0138. The van der Waals surface area contributed by atoms with Gasteiger partial charge in [-0.2, -0.15) is 0 Å². The second-order valence-electron chi connectivity index (χ2n) is 6.10. The van der Waals surface area contributed by atoms with E-state index in [9.17, 15) is 4.79 Å². The Labute approximate surface area is 144 Å². The molecule has 0 amide bonds. The number of piperazine rings is 1. The van der Waals surface area contributed by atoms with Crippen molar-refractivity contribution < 1.29 is 0 Å². The van der Waals surface area contributed by atoms with Crippen LogP contribution in [0.5, 0.6) is 0 Å². The van der Waals surface area contributed by atoms with Crippen molar-refractivity contribution >= 4 is 22.1 Å². The van der Waals surface area contributed by atoms with E-state index in [2.05, 4.69) is 19.8 Å². The molecular formula is C17H19N5OS. The lowest BCUT2D eigenvalue weighted by atomic mass is 10.2. The summed E-state index contributed by atoms with van der Waals surface area (Å²) in [6, 6.07) is 5.54. The summed E-state index contributed by atoms with van der Waals surface area (Å²) in [6.45, 7) is 6.51. The Morgan fingerprint density at radius 3 is 2.79 bits per heavy atom. The van der Waals surface area contributed by atoms with Crippen LogP contribution in [0.4, 0.5) is 5.13 Å². The molecule has 3 aromatic rings. The van der Waals surface area contributed by atoms with Crippen molar-refractivity contribution in [2.45, 2.75) is 13.5 Å². The van der Waals surface area contributed by atoms with E-state index in [1.54, 1.807) is 21.8 Å². The molecule has 4 rings (SSSR count). The van der Waals surface area contributed by atoms with Gasteiger partial charge in [0, 0.05) is 56.6 Å². The van der Waals surface area contributed by atoms with Gasteiger partial charge < -0.3 is 4.90 Å². The summed E-state index contributed by atoms with van der Waals surface area (Å²) in [5, 5.41) is 3.10. The Morgan fingerprint density at radius 1 is 1.21 bits per heavy atom. The van der Waals surface area contributed by atoms with E-state index in [4.69, 9.17) is 0 Å². The van der Waals surface area contributed by atoms with Gasteiger partial charge in [-0.3, -0.25) is 14.1 Å². The van der Waals surface area contributed by atoms with E-state index >= 15 is 0 Å². The van der Waals surface area contributed by atoms with Crippen LogP contribution in [0.1, 0.15) is 11.3 Å². The highest BCUT2D eigenvalue weighted by atomic mass is 32.1. The molecular weight excluding hydrogens is 322 g/mol. The van der Waals surface area contributed by atoms with Crippen LogP contribution in [-0.2, 0) is 6.54 Å². The van der Waals surface area contributed by atoms with Gasteiger partial charge in [-0.15, -0.1) is 11.3 Å². The molecule has 1 saturated heterocycles. The first-order chi connectivity index (χ1) is 11.7. The van der Waals surface area contributed by atoms with Gasteiger partial charge in [-0.1, -0.05) is 6.07 Å². The molecule has 0 aliphatic carbocycles. The Balaban J connectivity index is 1.47. The minimum absolute atomic E-state index is 0.0138. The molecule has 0 saturated carbocycles. The third-order valence-electron chi connectivity index (χ3n) is 4.31. The first-order valence-corrected chi connectivity index (χ1v) is 8.93. The van der Waals surface area contributed by atoms with Crippen LogP contribution < -0.4 is 10.5 Å². The molecule has 0 bridgehead atoms. The van der Waals surface area contributed by atoms with Crippen molar-refractivity contribution in [1.82, 2.24) is 19.3 Å². The number of nitrogens with zero attached hydrogens (tertiary/aromatic N) is 5. The summed E-state index contributed by atoms with van der Waals surface area (Å²) in [5.41, 5.74) is 2.59. The molecule has 24 heavy (non-hydrogen) atoms. The minimum Gasteiger partial charge on any atom is -0.346 e. The summed E-state index contributed by atoms with van der Waals surface area (Å²) in [7, 11) is 0. The van der Waals surface area contributed by atoms with E-state index in [1.165, 1.54) is 0 Å². The lowest BCUT2D eigenvalue weighted by Crippen LogP contribution is -2.46. The normalized spacial score (nSPS) is 16.0. The second kappa shape index (κ2) is 6.33. The zero-order valence-corrected chi connectivity index (χ0v) is 14.4. The highest BCUT2D eigenvalue weighted by Gasteiger charge is 2.19. The summed E-state index contributed by atoms with van der Waals surface area (Å²) in [4.78, 5) is 26.0. The average molecular weight is 341 g/mol. The van der Waals surface area contributed by atoms with Crippen LogP contribution in [0.3, 0.4) is 0 Å². The molecule has 0 unspecified atom stereocenters. The SMILES string of the molecule is Cc1ccc2nc(CN3CCN(c4nccs4)CC3)cc(=O)n2c1. The number of anilines is 1. The fourth-order valence-electron chi connectivity index (χ4n) is 3.04. The quantitative estimate of drug-likeness (QED) is 0.727. The number of hydrogen-bond donors (Lipinski definition) is 0. The Hall–Kier alpha value is -2.25. The van der Waals surface area contributed by atoms with Crippen LogP contribution >= 0.6 is 11.3 Å². The van der Waals surface area contributed by atoms with Crippen LogP contribution in [0.2, 0.25) is 0 Å². The molecule has 4 heterocycles.